The lowest BCUT2D eigenvalue weighted by Crippen LogP contribution is -2.22. The van der Waals surface area contributed by atoms with Crippen LogP contribution in [0.4, 0.5) is 8.78 Å². The molecule has 152 valence electrons. The van der Waals surface area contributed by atoms with Crippen molar-refractivity contribution >= 4 is 22.6 Å². The van der Waals surface area contributed by atoms with E-state index < -0.39 is 17.2 Å². The van der Waals surface area contributed by atoms with Crippen molar-refractivity contribution in [1.29, 1.82) is 0 Å². The summed E-state index contributed by atoms with van der Waals surface area (Å²) < 4.78 is 30.8. The molecule has 0 amide bonds. The molecule has 31 heavy (non-hydrogen) atoms. The van der Waals surface area contributed by atoms with Gasteiger partial charge in [0.25, 0.3) is 5.56 Å². The van der Waals surface area contributed by atoms with Crippen LogP contribution in [0.3, 0.4) is 0 Å². The maximum Gasteiger partial charge on any atom is 0.269 e. The van der Waals surface area contributed by atoms with Crippen LogP contribution in [-0.2, 0) is 0 Å². The highest BCUT2D eigenvalue weighted by atomic mass is 35.5. The maximum atomic E-state index is 14.7. The molecule has 0 saturated carbocycles. The minimum Gasteiger partial charge on any atom is -0.268 e. The first-order chi connectivity index (χ1) is 15.0. The molecule has 0 aliphatic rings. The van der Waals surface area contributed by atoms with Gasteiger partial charge in [0.2, 0.25) is 0 Å². The van der Waals surface area contributed by atoms with Crippen molar-refractivity contribution < 1.29 is 8.78 Å². The minimum absolute atomic E-state index is 0.113. The molecule has 0 radical (unpaired) electrons. The molecular weight excluding hydrogens is 422 g/mol. The number of para-hydroxylation sites is 1. The van der Waals surface area contributed by atoms with Gasteiger partial charge in [0.1, 0.15) is 22.8 Å². The van der Waals surface area contributed by atoms with Gasteiger partial charge in [-0.2, -0.15) is 0 Å². The third kappa shape index (κ3) is 3.39. The Balaban J connectivity index is 1.84. The van der Waals surface area contributed by atoms with Gasteiger partial charge < -0.3 is 0 Å². The Morgan fingerprint density at radius 3 is 2.35 bits per heavy atom. The Bertz CT molecular complexity index is 1480. The fourth-order valence-corrected chi connectivity index (χ4v) is 3.48. The van der Waals surface area contributed by atoms with Gasteiger partial charge in [-0.25, -0.2) is 18.4 Å². The molecule has 0 saturated heterocycles. The summed E-state index contributed by atoms with van der Waals surface area (Å²) in [6.07, 6.45) is 1.55. The quantitative estimate of drug-likeness (QED) is 0.393. The van der Waals surface area contributed by atoms with Gasteiger partial charge in [0, 0.05) is 22.8 Å². The molecule has 3 aromatic carbocycles. The predicted octanol–water partition coefficient (Wildman–Crippen LogP) is 5.17. The number of hydrogen-bond donors (Lipinski definition) is 0. The van der Waals surface area contributed by atoms with Crippen LogP contribution in [0.15, 0.2) is 83.8 Å². The molecule has 0 unspecified atom stereocenters. The first-order valence-corrected chi connectivity index (χ1v) is 9.68. The van der Waals surface area contributed by atoms with E-state index in [-0.39, 0.29) is 22.5 Å². The summed E-state index contributed by atoms with van der Waals surface area (Å²) >= 11 is 5.99. The van der Waals surface area contributed by atoms with Crippen molar-refractivity contribution in [3.05, 3.63) is 106 Å². The van der Waals surface area contributed by atoms with Crippen LogP contribution in [0.2, 0.25) is 5.02 Å². The van der Waals surface area contributed by atoms with E-state index in [1.165, 1.54) is 10.7 Å². The van der Waals surface area contributed by atoms with Crippen LogP contribution >= 0.6 is 11.6 Å². The summed E-state index contributed by atoms with van der Waals surface area (Å²) in [5, 5.41) is 5.13. The first-order valence-electron chi connectivity index (χ1n) is 9.30. The Kier molecular flexibility index (Phi) is 4.60. The lowest BCUT2D eigenvalue weighted by Gasteiger charge is -2.13. The smallest absolute Gasteiger partial charge is 0.268 e. The third-order valence-corrected chi connectivity index (χ3v) is 5.08. The van der Waals surface area contributed by atoms with E-state index in [0.29, 0.717) is 10.6 Å². The zero-order valence-electron chi connectivity index (χ0n) is 15.8. The second kappa shape index (κ2) is 7.45. The number of aromatic nitrogens is 4. The van der Waals surface area contributed by atoms with Crippen molar-refractivity contribution in [2.75, 3.05) is 0 Å². The van der Waals surface area contributed by atoms with Gasteiger partial charge in [-0.15, -0.1) is 5.10 Å². The largest absolute Gasteiger partial charge is 0.269 e. The third-order valence-electron chi connectivity index (χ3n) is 4.83. The highest BCUT2D eigenvalue weighted by Crippen LogP contribution is 2.25. The summed E-state index contributed by atoms with van der Waals surface area (Å²) in [6.45, 7) is 0. The van der Waals surface area contributed by atoms with E-state index in [0.717, 1.165) is 22.4 Å². The van der Waals surface area contributed by atoms with E-state index in [1.54, 1.807) is 30.5 Å². The minimum atomic E-state index is -0.881. The fourth-order valence-electron chi connectivity index (χ4n) is 3.36. The van der Waals surface area contributed by atoms with Gasteiger partial charge in [-0.1, -0.05) is 29.8 Å². The molecule has 5 aromatic rings. The molecule has 0 fully saturated rings. The normalized spacial score (nSPS) is 11.2. The molecule has 0 bridgehead atoms. The van der Waals surface area contributed by atoms with Crippen molar-refractivity contribution in [3.63, 3.8) is 0 Å². The predicted molar refractivity (Wildman–Crippen MR) is 115 cm³/mol. The van der Waals surface area contributed by atoms with Crippen molar-refractivity contribution in [3.8, 4) is 22.8 Å². The highest BCUT2D eigenvalue weighted by Gasteiger charge is 2.20. The van der Waals surface area contributed by atoms with Gasteiger partial charge in [0.05, 0.1) is 11.4 Å². The van der Waals surface area contributed by atoms with Gasteiger partial charge >= 0.3 is 0 Å². The Morgan fingerprint density at radius 2 is 1.65 bits per heavy atom. The summed E-state index contributed by atoms with van der Waals surface area (Å²) in [7, 11) is 0. The van der Waals surface area contributed by atoms with Crippen LogP contribution in [0, 0.1) is 11.6 Å². The van der Waals surface area contributed by atoms with E-state index >= 15 is 0 Å². The summed E-state index contributed by atoms with van der Waals surface area (Å²) in [6, 6.07) is 18.9. The van der Waals surface area contributed by atoms with Crippen molar-refractivity contribution in [1.82, 2.24) is 19.3 Å². The molecule has 5 nitrogen and oxygen atoms in total. The monoisotopic (exact) mass is 434 g/mol. The Morgan fingerprint density at radius 1 is 0.903 bits per heavy atom. The van der Waals surface area contributed by atoms with E-state index in [4.69, 9.17) is 11.6 Å². The zero-order valence-corrected chi connectivity index (χ0v) is 16.6. The Hall–Kier alpha value is -3.84. The molecule has 0 N–H and O–H groups in total. The number of rotatable bonds is 3. The molecular formula is C23H13ClF2N4O. The highest BCUT2D eigenvalue weighted by molar-refractivity contribution is 6.30. The molecule has 0 spiro atoms. The standard InChI is InChI=1S/C23H13ClF2N4O/c24-15-8-6-14(7-9-15)22-27-21-18(13-29(28-21)17-4-2-1-3-5-17)23(31)30(22)20-11-10-16(25)12-19(20)26/h1-13H. The number of halogens is 3. The molecule has 5 rings (SSSR count). The number of benzene rings is 3. The topological polar surface area (TPSA) is 52.7 Å². The molecule has 2 heterocycles. The summed E-state index contributed by atoms with van der Waals surface area (Å²) in [5.74, 6) is -1.46. The molecule has 8 heteroatoms. The van der Waals surface area contributed by atoms with Gasteiger partial charge in [-0.3, -0.25) is 9.36 Å². The average Bonchev–Trinajstić information content (AvgIpc) is 3.20. The van der Waals surface area contributed by atoms with Gasteiger partial charge in [0.15, 0.2) is 5.65 Å². The second-order valence-electron chi connectivity index (χ2n) is 6.83. The molecule has 2 aromatic heterocycles. The second-order valence-corrected chi connectivity index (χ2v) is 7.26. The maximum absolute atomic E-state index is 14.7. The molecule has 0 atom stereocenters. The van der Waals surface area contributed by atoms with Crippen molar-refractivity contribution in [2.24, 2.45) is 0 Å². The van der Waals surface area contributed by atoms with Crippen molar-refractivity contribution in [2.45, 2.75) is 0 Å². The van der Waals surface area contributed by atoms with Crippen LogP contribution in [0.25, 0.3) is 33.8 Å². The zero-order chi connectivity index (χ0) is 21.5. The molecule has 0 aliphatic heterocycles. The summed E-state index contributed by atoms with van der Waals surface area (Å²) in [5.41, 5.74) is 0.840. The lowest BCUT2D eigenvalue weighted by molar-refractivity contribution is 0.577. The Labute approximate surface area is 179 Å². The number of hydrogen-bond acceptors (Lipinski definition) is 3. The number of fused-ring (bicyclic) bond motifs is 1. The van der Waals surface area contributed by atoms with Gasteiger partial charge in [-0.05, 0) is 48.5 Å². The van der Waals surface area contributed by atoms with Crippen LogP contribution < -0.4 is 5.56 Å². The van der Waals surface area contributed by atoms with E-state index in [2.05, 4.69) is 10.1 Å². The summed E-state index contributed by atoms with van der Waals surface area (Å²) in [4.78, 5) is 18.0. The fraction of sp³-hybridized carbons (Fsp3) is 0. The SMILES string of the molecule is O=c1c2cn(-c3ccccc3)nc2nc(-c2ccc(Cl)cc2)n1-c1ccc(F)cc1F. The average molecular weight is 435 g/mol. The van der Waals surface area contributed by atoms with E-state index in [1.807, 2.05) is 30.3 Å². The first kappa shape index (κ1) is 19.1. The number of nitrogens with zero attached hydrogens (tertiary/aromatic N) is 4. The van der Waals surface area contributed by atoms with Crippen LogP contribution in [0.5, 0.6) is 0 Å². The van der Waals surface area contributed by atoms with Crippen LogP contribution in [-0.4, -0.2) is 19.3 Å². The van der Waals surface area contributed by atoms with Crippen LogP contribution in [0.1, 0.15) is 0 Å². The lowest BCUT2D eigenvalue weighted by atomic mass is 10.2. The van der Waals surface area contributed by atoms with E-state index in [9.17, 15) is 13.6 Å². The molecule has 0 aliphatic carbocycles.